The van der Waals surface area contributed by atoms with E-state index in [1.165, 1.54) is 0 Å². The van der Waals surface area contributed by atoms with Gasteiger partial charge in [0.2, 0.25) is 0 Å². The van der Waals surface area contributed by atoms with Crippen LogP contribution in [0.15, 0.2) is 46.9 Å². The summed E-state index contributed by atoms with van der Waals surface area (Å²) < 4.78 is 1.03. The van der Waals surface area contributed by atoms with Crippen molar-refractivity contribution in [2.75, 3.05) is 0 Å². The van der Waals surface area contributed by atoms with Gasteiger partial charge in [-0.25, -0.2) is 0 Å². The Morgan fingerprint density at radius 1 is 1.00 bits per heavy atom. The maximum absolute atomic E-state index is 12.1. The predicted molar refractivity (Wildman–Crippen MR) is 83.3 cm³/mol. The van der Waals surface area contributed by atoms with Crippen LogP contribution >= 0.6 is 39.1 Å². The molecule has 0 spiro atoms. The highest BCUT2D eigenvalue weighted by Gasteiger charge is 2.08. The molecule has 0 aliphatic carbocycles. The largest absolute Gasteiger partial charge is 0.294 e. The minimum absolute atomic E-state index is 0.0484. The molecule has 4 heteroatoms. The molecule has 0 N–H and O–H groups in total. The number of hydrogen-bond acceptors (Lipinski definition) is 1. The Bertz CT molecular complexity index is 573. The van der Waals surface area contributed by atoms with Gasteiger partial charge < -0.3 is 0 Å². The first-order chi connectivity index (χ1) is 9.04. The van der Waals surface area contributed by atoms with Crippen molar-refractivity contribution in [2.24, 2.45) is 0 Å². The highest BCUT2D eigenvalue weighted by Crippen LogP contribution is 2.20. The summed E-state index contributed by atoms with van der Waals surface area (Å²) in [4.78, 5) is 12.1. The summed E-state index contributed by atoms with van der Waals surface area (Å²) in [6, 6.07) is 12.9. The monoisotopic (exact) mass is 356 g/mol. The molecule has 0 aliphatic heterocycles. The second-order valence-electron chi connectivity index (χ2n) is 4.21. The summed E-state index contributed by atoms with van der Waals surface area (Å²) in [7, 11) is 0. The molecule has 1 nitrogen and oxygen atoms in total. The number of Topliss-reactive ketones (excluding diaryl/α,β-unsaturated/α-hetero) is 1. The van der Waals surface area contributed by atoms with Gasteiger partial charge in [0.1, 0.15) is 0 Å². The summed E-state index contributed by atoms with van der Waals surface area (Å²) in [5.41, 5.74) is 1.69. The third-order valence-electron chi connectivity index (χ3n) is 2.74. The number of benzene rings is 2. The van der Waals surface area contributed by atoms with Crippen LogP contribution in [0.4, 0.5) is 0 Å². The van der Waals surface area contributed by atoms with Gasteiger partial charge in [-0.15, -0.1) is 0 Å². The van der Waals surface area contributed by atoms with Crippen LogP contribution in [0.3, 0.4) is 0 Å². The van der Waals surface area contributed by atoms with E-state index in [2.05, 4.69) is 15.9 Å². The van der Waals surface area contributed by atoms with Crippen LogP contribution in [0.1, 0.15) is 22.3 Å². The molecule has 2 rings (SSSR count). The lowest BCUT2D eigenvalue weighted by Gasteiger charge is -2.03. The van der Waals surface area contributed by atoms with Crippen LogP contribution in [0, 0.1) is 0 Å². The van der Waals surface area contributed by atoms with E-state index < -0.39 is 0 Å². The Morgan fingerprint density at radius 2 is 1.58 bits per heavy atom. The summed E-state index contributed by atoms with van der Waals surface area (Å²) in [6.45, 7) is 0. The summed E-state index contributed by atoms with van der Waals surface area (Å²) in [5.74, 6) is 0.0484. The number of halogens is 3. The van der Waals surface area contributed by atoms with Crippen molar-refractivity contribution in [3.63, 3.8) is 0 Å². The van der Waals surface area contributed by atoms with E-state index in [-0.39, 0.29) is 5.78 Å². The van der Waals surface area contributed by atoms with Gasteiger partial charge in [0, 0.05) is 26.5 Å². The van der Waals surface area contributed by atoms with E-state index >= 15 is 0 Å². The summed E-state index contributed by atoms with van der Waals surface area (Å²) in [6.07, 6.45) is 1.15. The van der Waals surface area contributed by atoms with E-state index in [4.69, 9.17) is 23.2 Å². The van der Waals surface area contributed by atoms with Crippen molar-refractivity contribution in [2.45, 2.75) is 12.8 Å². The fourth-order valence-corrected chi connectivity index (χ4v) is 2.56. The number of rotatable bonds is 4. The molecule has 0 radical (unpaired) electrons. The third kappa shape index (κ3) is 4.34. The molecule has 0 heterocycles. The topological polar surface area (TPSA) is 17.1 Å². The lowest BCUT2D eigenvalue weighted by atomic mass is 10.0. The molecule has 0 unspecified atom stereocenters. The Hall–Kier alpha value is -0.830. The molecular weight excluding hydrogens is 347 g/mol. The Morgan fingerprint density at radius 3 is 2.16 bits per heavy atom. The number of hydrogen-bond donors (Lipinski definition) is 0. The van der Waals surface area contributed by atoms with E-state index in [0.717, 1.165) is 10.0 Å². The predicted octanol–water partition coefficient (Wildman–Crippen LogP) is 5.57. The molecular formula is C15H11BrCl2O. The SMILES string of the molecule is O=C(CCc1ccc(Br)cc1)c1cc(Cl)cc(Cl)c1. The van der Waals surface area contributed by atoms with E-state index in [1.807, 2.05) is 24.3 Å². The summed E-state index contributed by atoms with van der Waals surface area (Å²) in [5, 5.41) is 0.971. The quantitative estimate of drug-likeness (QED) is 0.653. The van der Waals surface area contributed by atoms with Crippen molar-refractivity contribution >= 4 is 44.9 Å². The fourth-order valence-electron chi connectivity index (χ4n) is 1.77. The second-order valence-corrected chi connectivity index (χ2v) is 6.00. The molecule has 0 saturated heterocycles. The van der Waals surface area contributed by atoms with E-state index in [0.29, 0.717) is 28.5 Å². The van der Waals surface area contributed by atoms with Crippen molar-refractivity contribution < 1.29 is 4.79 Å². The molecule has 0 aromatic heterocycles. The molecule has 2 aromatic carbocycles. The van der Waals surface area contributed by atoms with Gasteiger partial charge in [0.05, 0.1) is 0 Å². The first kappa shape index (κ1) is 14.6. The molecule has 19 heavy (non-hydrogen) atoms. The maximum atomic E-state index is 12.1. The minimum Gasteiger partial charge on any atom is -0.294 e. The number of ketones is 1. The lowest BCUT2D eigenvalue weighted by molar-refractivity contribution is 0.0983. The van der Waals surface area contributed by atoms with Crippen molar-refractivity contribution in [1.29, 1.82) is 0 Å². The Labute approximate surface area is 130 Å². The molecule has 0 fully saturated rings. The van der Waals surface area contributed by atoms with Gasteiger partial charge in [-0.2, -0.15) is 0 Å². The van der Waals surface area contributed by atoms with Crippen LogP contribution in [0.5, 0.6) is 0 Å². The van der Waals surface area contributed by atoms with E-state index in [1.54, 1.807) is 18.2 Å². The summed E-state index contributed by atoms with van der Waals surface area (Å²) >= 11 is 15.2. The van der Waals surface area contributed by atoms with Crippen molar-refractivity contribution in [1.82, 2.24) is 0 Å². The first-order valence-corrected chi connectivity index (χ1v) is 7.33. The number of carbonyl (C=O) groups is 1. The van der Waals surface area contributed by atoms with E-state index in [9.17, 15) is 4.79 Å². The molecule has 2 aromatic rings. The minimum atomic E-state index is 0.0484. The van der Waals surface area contributed by atoms with Crippen LogP contribution in [0.2, 0.25) is 10.0 Å². The third-order valence-corrected chi connectivity index (χ3v) is 3.70. The Kier molecular flexibility index (Phi) is 5.03. The highest BCUT2D eigenvalue weighted by atomic mass is 79.9. The normalized spacial score (nSPS) is 10.5. The average Bonchev–Trinajstić information content (AvgIpc) is 2.36. The van der Waals surface area contributed by atoms with Gasteiger partial charge >= 0.3 is 0 Å². The van der Waals surface area contributed by atoms with Crippen molar-refractivity contribution in [3.05, 3.63) is 68.1 Å². The lowest BCUT2D eigenvalue weighted by Crippen LogP contribution is -2.01. The maximum Gasteiger partial charge on any atom is 0.163 e. The molecule has 0 aliphatic rings. The zero-order valence-electron chi connectivity index (χ0n) is 10.00. The standard InChI is InChI=1S/C15H11BrCl2O/c16-12-4-1-10(2-5-12)3-6-15(19)11-7-13(17)9-14(18)8-11/h1-2,4-5,7-9H,3,6H2. The van der Waals surface area contributed by atoms with Crippen LogP contribution in [-0.2, 0) is 6.42 Å². The van der Waals surface area contributed by atoms with Gasteiger partial charge in [-0.1, -0.05) is 51.3 Å². The molecule has 98 valence electrons. The first-order valence-electron chi connectivity index (χ1n) is 5.78. The number of aryl methyl sites for hydroxylation is 1. The van der Waals surface area contributed by atoms with Gasteiger partial charge in [0.15, 0.2) is 5.78 Å². The fraction of sp³-hybridized carbons (Fsp3) is 0.133. The second kappa shape index (κ2) is 6.56. The van der Waals surface area contributed by atoms with Crippen LogP contribution in [0.25, 0.3) is 0 Å². The van der Waals surface area contributed by atoms with Gasteiger partial charge in [0.25, 0.3) is 0 Å². The Balaban J connectivity index is 2.03. The van der Waals surface area contributed by atoms with Gasteiger partial charge in [-0.05, 0) is 42.3 Å². The van der Waals surface area contributed by atoms with Crippen molar-refractivity contribution in [3.8, 4) is 0 Å². The number of carbonyl (C=O) groups excluding carboxylic acids is 1. The smallest absolute Gasteiger partial charge is 0.163 e. The highest BCUT2D eigenvalue weighted by molar-refractivity contribution is 9.10. The zero-order chi connectivity index (χ0) is 13.8. The van der Waals surface area contributed by atoms with Crippen LogP contribution in [-0.4, -0.2) is 5.78 Å². The average molecular weight is 358 g/mol. The molecule has 0 atom stereocenters. The van der Waals surface area contributed by atoms with Crippen LogP contribution < -0.4 is 0 Å². The molecule has 0 bridgehead atoms. The molecule has 0 amide bonds. The van der Waals surface area contributed by atoms with Gasteiger partial charge in [-0.3, -0.25) is 4.79 Å². The zero-order valence-corrected chi connectivity index (χ0v) is 13.1. The molecule has 0 saturated carbocycles.